The molecule has 0 aliphatic heterocycles. The second-order valence-electron chi connectivity index (χ2n) is 14.0. The molecule has 0 bridgehead atoms. The van der Waals surface area contributed by atoms with Crippen molar-refractivity contribution in [2.75, 3.05) is 0 Å². The third-order valence-electron chi connectivity index (χ3n) is 10.7. The fraction of sp³-hybridized carbons (Fsp3) is 0. The molecule has 4 nitrogen and oxygen atoms in total. The van der Waals surface area contributed by atoms with Crippen molar-refractivity contribution in [3.8, 4) is 62.1 Å². The molecule has 0 aliphatic carbocycles. The number of aromatic nitrogens is 4. The summed E-state index contributed by atoms with van der Waals surface area (Å²) < 4.78 is 4.88. The Morgan fingerprint density at radius 2 is 0.786 bits per heavy atom. The van der Waals surface area contributed by atoms with Crippen molar-refractivity contribution in [3.63, 3.8) is 0 Å². The first-order valence-electron chi connectivity index (χ1n) is 18.8. The first kappa shape index (κ1) is 32.2. The van der Waals surface area contributed by atoms with Crippen molar-refractivity contribution in [2.45, 2.75) is 0 Å². The van der Waals surface area contributed by atoms with Crippen LogP contribution in [0.1, 0.15) is 0 Å². The van der Waals surface area contributed by atoms with Gasteiger partial charge in [-0.05, 0) is 58.7 Å². The van der Waals surface area contributed by atoms with Crippen LogP contribution in [0.15, 0.2) is 194 Å². The monoisotopic (exact) mass is 732 g/mol. The van der Waals surface area contributed by atoms with Gasteiger partial charge in [-0.25, -0.2) is 15.0 Å². The van der Waals surface area contributed by atoms with E-state index in [2.05, 4.69) is 138 Å². The molecule has 0 spiro atoms. The summed E-state index contributed by atoms with van der Waals surface area (Å²) in [5.41, 5.74) is 11.2. The molecule has 0 fully saturated rings. The first-order chi connectivity index (χ1) is 27.7. The van der Waals surface area contributed by atoms with Crippen LogP contribution in [0.2, 0.25) is 0 Å². The van der Waals surface area contributed by atoms with Crippen LogP contribution in [0.25, 0.3) is 104 Å². The zero-order valence-corrected chi connectivity index (χ0v) is 31.0. The lowest BCUT2D eigenvalue weighted by molar-refractivity contribution is 1.07. The summed E-state index contributed by atoms with van der Waals surface area (Å²) in [6.45, 7) is 0. The largest absolute Gasteiger partial charge is 0.308 e. The van der Waals surface area contributed by atoms with Gasteiger partial charge in [0.2, 0.25) is 0 Å². The standard InChI is InChI=1S/C51H32N4S/c1-5-14-33(15-6-1)37-25-28-44-42(30-37)43-31-38(34-16-7-2-8-17-34)26-29-45(43)55(44)46-23-13-22-41-40-27-24-39(32-47(40)56-48(41)46)51-53-49(35-18-9-3-10-19-35)52-50(54-51)36-20-11-4-12-21-36/h1-32H. The Hall–Kier alpha value is -7.21. The highest BCUT2D eigenvalue weighted by Gasteiger charge is 2.19. The van der Waals surface area contributed by atoms with Gasteiger partial charge in [0.1, 0.15) is 0 Å². The Morgan fingerprint density at radius 1 is 0.321 bits per heavy atom. The van der Waals surface area contributed by atoms with Crippen LogP contribution in [-0.4, -0.2) is 19.5 Å². The highest BCUT2D eigenvalue weighted by atomic mass is 32.1. The van der Waals surface area contributed by atoms with Crippen LogP contribution in [-0.2, 0) is 0 Å². The number of hydrogen-bond acceptors (Lipinski definition) is 4. The van der Waals surface area contributed by atoms with Crippen LogP contribution in [0.4, 0.5) is 0 Å². The first-order valence-corrected chi connectivity index (χ1v) is 19.6. The van der Waals surface area contributed by atoms with Crippen LogP contribution in [0.5, 0.6) is 0 Å². The Labute approximate surface area is 327 Å². The summed E-state index contributed by atoms with van der Waals surface area (Å²) in [6.07, 6.45) is 0. The molecule has 5 heteroatoms. The van der Waals surface area contributed by atoms with Gasteiger partial charge in [-0.2, -0.15) is 0 Å². The zero-order chi connectivity index (χ0) is 37.0. The number of thiophene rings is 1. The minimum absolute atomic E-state index is 0.656. The van der Waals surface area contributed by atoms with Gasteiger partial charge in [-0.15, -0.1) is 11.3 Å². The van der Waals surface area contributed by atoms with E-state index in [-0.39, 0.29) is 0 Å². The molecule has 0 aliphatic rings. The predicted octanol–water partition coefficient (Wildman–Crippen LogP) is 13.7. The van der Waals surface area contributed by atoms with E-state index < -0.39 is 0 Å². The van der Waals surface area contributed by atoms with Crippen LogP contribution in [0, 0.1) is 0 Å². The van der Waals surface area contributed by atoms with Gasteiger partial charge in [0, 0.05) is 42.9 Å². The van der Waals surface area contributed by atoms with E-state index in [9.17, 15) is 0 Å². The quantitative estimate of drug-likeness (QED) is 0.171. The van der Waals surface area contributed by atoms with E-state index in [0.717, 1.165) is 16.7 Å². The van der Waals surface area contributed by atoms with Crippen molar-refractivity contribution in [1.29, 1.82) is 0 Å². The van der Waals surface area contributed by atoms with Gasteiger partial charge in [0.15, 0.2) is 17.5 Å². The number of benzene rings is 8. The Balaban J connectivity index is 1.10. The fourth-order valence-electron chi connectivity index (χ4n) is 7.94. The minimum atomic E-state index is 0.656. The van der Waals surface area contributed by atoms with Gasteiger partial charge in [-0.3, -0.25) is 0 Å². The number of nitrogens with zero attached hydrogens (tertiary/aromatic N) is 4. The maximum absolute atomic E-state index is 5.02. The number of rotatable bonds is 6. The molecule has 0 amide bonds. The third kappa shape index (κ3) is 5.48. The summed E-state index contributed by atoms with van der Waals surface area (Å²) in [5, 5.41) is 4.92. The Kier molecular flexibility index (Phi) is 7.64. The van der Waals surface area contributed by atoms with Crippen LogP contribution in [0.3, 0.4) is 0 Å². The Bertz CT molecular complexity index is 3070. The van der Waals surface area contributed by atoms with Crippen molar-refractivity contribution in [2.24, 2.45) is 0 Å². The molecule has 0 unspecified atom stereocenters. The molecule has 3 aromatic heterocycles. The summed E-state index contributed by atoms with van der Waals surface area (Å²) in [4.78, 5) is 15.0. The lowest BCUT2D eigenvalue weighted by atomic mass is 10.0. The molecule has 0 saturated heterocycles. The molecular formula is C51H32N4S. The van der Waals surface area contributed by atoms with E-state index in [1.807, 2.05) is 72.0 Å². The maximum Gasteiger partial charge on any atom is 0.164 e. The van der Waals surface area contributed by atoms with Crippen molar-refractivity contribution in [3.05, 3.63) is 194 Å². The molecule has 0 radical (unpaired) electrons. The maximum atomic E-state index is 5.02. The van der Waals surface area contributed by atoms with Gasteiger partial charge < -0.3 is 4.57 Å². The van der Waals surface area contributed by atoms with E-state index >= 15 is 0 Å². The van der Waals surface area contributed by atoms with E-state index in [4.69, 9.17) is 15.0 Å². The molecular weight excluding hydrogens is 701 g/mol. The second kappa shape index (κ2) is 13.3. The topological polar surface area (TPSA) is 43.6 Å². The summed E-state index contributed by atoms with van der Waals surface area (Å²) in [6, 6.07) is 68.7. The second-order valence-corrected chi connectivity index (χ2v) is 15.1. The van der Waals surface area contributed by atoms with E-state index in [1.165, 1.54) is 69.9 Å². The van der Waals surface area contributed by atoms with Gasteiger partial charge in [-0.1, -0.05) is 158 Å². The van der Waals surface area contributed by atoms with Gasteiger partial charge in [0.05, 0.1) is 21.4 Å². The summed E-state index contributed by atoms with van der Waals surface area (Å²) in [5.74, 6) is 1.97. The molecule has 0 saturated carbocycles. The molecule has 8 aromatic carbocycles. The minimum Gasteiger partial charge on any atom is -0.308 e. The predicted molar refractivity (Wildman–Crippen MR) is 234 cm³/mol. The highest BCUT2D eigenvalue weighted by molar-refractivity contribution is 7.26. The highest BCUT2D eigenvalue weighted by Crippen LogP contribution is 2.43. The van der Waals surface area contributed by atoms with Gasteiger partial charge in [0.25, 0.3) is 0 Å². The summed E-state index contributed by atoms with van der Waals surface area (Å²) >= 11 is 1.82. The zero-order valence-electron chi connectivity index (χ0n) is 30.2. The van der Waals surface area contributed by atoms with Crippen LogP contribution >= 0.6 is 11.3 Å². The number of fused-ring (bicyclic) bond motifs is 6. The molecule has 262 valence electrons. The normalized spacial score (nSPS) is 11.6. The van der Waals surface area contributed by atoms with E-state index in [1.54, 1.807) is 0 Å². The lowest BCUT2D eigenvalue weighted by Gasteiger charge is -2.10. The smallest absolute Gasteiger partial charge is 0.164 e. The molecule has 0 atom stereocenters. The molecule has 3 heterocycles. The van der Waals surface area contributed by atoms with Crippen molar-refractivity contribution < 1.29 is 0 Å². The SMILES string of the molecule is c1ccc(-c2ccc3c(c2)c2cc(-c4ccccc4)ccc2n3-c2cccc3c2sc2cc(-c4nc(-c5ccccc5)nc(-c5ccccc5)n4)ccc23)cc1. The molecule has 0 N–H and O–H groups in total. The fourth-order valence-corrected chi connectivity index (χ4v) is 9.19. The molecule has 11 aromatic rings. The molecule has 56 heavy (non-hydrogen) atoms. The Morgan fingerprint density at radius 3 is 1.30 bits per heavy atom. The third-order valence-corrected chi connectivity index (χ3v) is 11.8. The lowest BCUT2D eigenvalue weighted by Crippen LogP contribution is -1.99. The average Bonchev–Trinajstić information content (AvgIpc) is 3.82. The number of hydrogen-bond donors (Lipinski definition) is 0. The van der Waals surface area contributed by atoms with Crippen molar-refractivity contribution >= 4 is 53.3 Å². The van der Waals surface area contributed by atoms with E-state index in [0.29, 0.717) is 17.5 Å². The average molecular weight is 733 g/mol. The van der Waals surface area contributed by atoms with Crippen LogP contribution < -0.4 is 0 Å². The van der Waals surface area contributed by atoms with Crippen molar-refractivity contribution in [1.82, 2.24) is 19.5 Å². The summed E-state index contributed by atoms with van der Waals surface area (Å²) in [7, 11) is 0. The van der Waals surface area contributed by atoms with Gasteiger partial charge >= 0.3 is 0 Å². The molecule has 11 rings (SSSR count).